The molecule has 0 aromatic carbocycles. The number of rotatable bonds is 3. The van der Waals surface area contributed by atoms with E-state index in [2.05, 4.69) is 18.6 Å². The van der Waals surface area contributed by atoms with Crippen molar-refractivity contribution in [3.05, 3.63) is 0 Å². The smallest absolute Gasteiger partial charge is 0.134 e. The molecule has 0 aliphatic heterocycles. The van der Waals surface area contributed by atoms with Gasteiger partial charge in [0.15, 0.2) is 0 Å². The van der Waals surface area contributed by atoms with E-state index < -0.39 is 11.4 Å². The summed E-state index contributed by atoms with van der Waals surface area (Å²) in [5.74, 6) is 0.485. The second-order valence-corrected chi connectivity index (χ2v) is 4.20. The Balaban J connectivity index is 3.58. The van der Waals surface area contributed by atoms with Crippen LogP contribution in [0.2, 0.25) is 0 Å². The Morgan fingerprint density at radius 3 is 1.89 bits per heavy atom. The summed E-state index contributed by atoms with van der Waals surface area (Å²) in [6.07, 6.45) is 0. The van der Waals surface area contributed by atoms with Gasteiger partial charge in [-0.25, -0.2) is 0 Å². The van der Waals surface area contributed by atoms with Crippen molar-refractivity contribution in [2.45, 2.75) is 26.0 Å². The first-order valence-corrected chi connectivity index (χ1v) is 4.38. The summed E-state index contributed by atoms with van der Waals surface area (Å²) in [5.41, 5.74) is 0. The molecule has 0 fully saturated rings. The van der Waals surface area contributed by atoms with Gasteiger partial charge in [-0.3, -0.25) is 0 Å². The maximum Gasteiger partial charge on any atom is 0.134 e. The lowest BCUT2D eigenvalue weighted by Gasteiger charge is -2.18. The highest BCUT2D eigenvalue weighted by atomic mass is 32.2. The standard InChI is InChI=1S/C6H15NOS/c1-5(2)6(3)9(8)7-4/h5-7H,1-4H3. The van der Waals surface area contributed by atoms with Crippen molar-refractivity contribution in [3.8, 4) is 0 Å². The molecule has 0 spiro atoms. The zero-order valence-electron chi connectivity index (χ0n) is 6.47. The third-order valence-corrected chi connectivity index (χ3v) is 3.10. The molecule has 56 valence electrons. The normalized spacial score (nSPS) is 18.0. The lowest BCUT2D eigenvalue weighted by molar-refractivity contribution is 0.538. The van der Waals surface area contributed by atoms with Crippen molar-refractivity contribution >= 4 is 11.4 Å². The van der Waals surface area contributed by atoms with Gasteiger partial charge in [-0.15, -0.1) is 4.72 Å². The quantitative estimate of drug-likeness (QED) is 0.605. The van der Waals surface area contributed by atoms with Crippen molar-refractivity contribution in [1.82, 2.24) is 4.72 Å². The van der Waals surface area contributed by atoms with Crippen LogP contribution in [0.3, 0.4) is 0 Å². The Morgan fingerprint density at radius 1 is 1.33 bits per heavy atom. The van der Waals surface area contributed by atoms with Crippen molar-refractivity contribution < 1.29 is 4.55 Å². The fraction of sp³-hybridized carbons (Fsp3) is 1.00. The van der Waals surface area contributed by atoms with Crippen LogP contribution in [-0.2, 0) is 11.4 Å². The minimum Gasteiger partial charge on any atom is -0.598 e. The van der Waals surface area contributed by atoms with E-state index in [1.807, 2.05) is 6.92 Å². The molecule has 1 N–H and O–H groups in total. The summed E-state index contributed by atoms with van der Waals surface area (Å²) in [5, 5.41) is 0.245. The molecule has 0 radical (unpaired) electrons. The second kappa shape index (κ2) is 4.14. The summed E-state index contributed by atoms with van der Waals surface area (Å²) in [7, 11) is 1.72. The average molecular weight is 149 g/mol. The number of hydrogen-bond donors (Lipinski definition) is 1. The van der Waals surface area contributed by atoms with Gasteiger partial charge in [-0.05, 0) is 6.92 Å². The van der Waals surface area contributed by atoms with E-state index in [0.717, 1.165) is 0 Å². The molecule has 0 rings (SSSR count). The number of nitrogens with one attached hydrogen (secondary N) is 1. The third kappa shape index (κ3) is 3.08. The molecule has 0 aromatic heterocycles. The van der Waals surface area contributed by atoms with Crippen LogP contribution in [0, 0.1) is 5.92 Å². The average Bonchev–Trinajstić information content (AvgIpc) is 1.84. The van der Waals surface area contributed by atoms with Gasteiger partial charge < -0.3 is 4.55 Å². The van der Waals surface area contributed by atoms with Crippen LogP contribution in [0.25, 0.3) is 0 Å². The van der Waals surface area contributed by atoms with Gasteiger partial charge in [0, 0.05) is 24.3 Å². The third-order valence-electron chi connectivity index (χ3n) is 1.48. The largest absolute Gasteiger partial charge is 0.598 e. The Labute approximate surface area is 60.3 Å². The van der Waals surface area contributed by atoms with Crippen molar-refractivity contribution in [2.75, 3.05) is 7.05 Å². The van der Waals surface area contributed by atoms with Gasteiger partial charge in [-0.2, -0.15) is 0 Å². The molecule has 3 heteroatoms. The molecule has 0 bridgehead atoms. The van der Waals surface area contributed by atoms with Crippen LogP contribution in [-0.4, -0.2) is 16.9 Å². The van der Waals surface area contributed by atoms with Crippen molar-refractivity contribution in [1.29, 1.82) is 0 Å². The van der Waals surface area contributed by atoms with Crippen molar-refractivity contribution in [3.63, 3.8) is 0 Å². The van der Waals surface area contributed by atoms with Gasteiger partial charge in [0.2, 0.25) is 0 Å². The number of hydrogen-bond acceptors (Lipinski definition) is 2. The second-order valence-electron chi connectivity index (χ2n) is 2.45. The van der Waals surface area contributed by atoms with E-state index in [-0.39, 0.29) is 5.25 Å². The zero-order valence-corrected chi connectivity index (χ0v) is 7.29. The van der Waals surface area contributed by atoms with Crippen LogP contribution in [0.5, 0.6) is 0 Å². The first-order valence-electron chi connectivity index (χ1n) is 3.17. The van der Waals surface area contributed by atoms with Gasteiger partial charge in [0.1, 0.15) is 5.25 Å². The summed E-state index contributed by atoms with van der Waals surface area (Å²) in [6, 6.07) is 0. The van der Waals surface area contributed by atoms with Gasteiger partial charge in [-0.1, -0.05) is 13.8 Å². The highest BCUT2D eigenvalue weighted by Gasteiger charge is 2.18. The molecule has 0 aliphatic carbocycles. The Bertz CT molecular complexity index is 77.5. The zero-order chi connectivity index (χ0) is 7.44. The highest BCUT2D eigenvalue weighted by molar-refractivity contribution is 7.90. The summed E-state index contributed by atoms with van der Waals surface area (Å²) >= 11 is -0.852. The molecule has 2 nitrogen and oxygen atoms in total. The molecule has 0 saturated heterocycles. The summed E-state index contributed by atoms with van der Waals surface area (Å²) in [6.45, 7) is 6.12. The molecule has 0 aromatic rings. The lowest BCUT2D eigenvalue weighted by Crippen LogP contribution is -2.32. The minimum absolute atomic E-state index is 0.245. The molecule has 0 aliphatic rings. The molecular weight excluding hydrogens is 134 g/mol. The fourth-order valence-electron chi connectivity index (χ4n) is 0.433. The Kier molecular flexibility index (Phi) is 4.27. The predicted molar refractivity (Wildman–Crippen MR) is 41.5 cm³/mol. The molecule has 0 amide bonds. The van der Waals surface area contributed by atoms with Gasteiger partial charge >= 0.3 is 0 Å². The van der Waals surface area contributed by atoms with Crippen LogP contribution in [0.15, 0.2) is 0 Å². The van der Waals surface area contributed by atoms with E-state index in [9.17, 15) is 4.55 Å². The van der Waals surface area contributed by atoms with Crippen molar-refractivity contribution in [2.24, 2.45) is 5.92 Å². The topological polar surface area (TPSA) is 35.1 Å². The summed E-state index contributed by atoms with van der Waals surface area (Å²) < 4.78 is 13.7. The lowest BCUT2D eigenvalue weighted by atomic mass is 10.2. The van der Waals surface area contributed by atoms with E-state index in [1.165, 1.54) is 0 Å². The van der Waals surface area contributed by atoms with Gasteiger partial charge in [0.05, 0.1) is 0 Å². The van der Waals surface area contributed by atoms with E-state index in [1.54, 1.807) is 7.05 Å². The first-order chi connectivity index (χ1) is 4.09. The maximum atomic E-state index is 11.0. The van der Waals surface area contributed by atoms with E-state index >= 15 is 0 Å². The highest BCUT2D eigenvalue weighted by Crippen LogP contribution is 2.08. The van der Waals surface area contributed by atoms with Crippen LogP contribution in [0.4, 0.5) is 0 Å². The fourth-order valence-corrected chi connectivity index (χ4v) is 1.30. The molecular formula is C6H15NOS. The Hall–Kier alpha value is 0.270. The summed E-state index contributed by atoms with van der Waals surface area (Å²) in [4.78, 5) is 0. The maximum absolute atomic E-state index is 11.0. The first kappa shape index (κ1) is 9.27. The van der Waals surface area contributed by atoms with Crippen LogP contribution in [0.1, 0.15) is 20.8 Å². The van der Waals surface area contributed by atoms with E-state index in [4.69, 9.17) is 0 Å². The SMILES string of the molecule is CN[S+]([O-])C(C)C(C)C. The molecule has 0 saturated carbocycles. The van der Waals surface area contributed by atoms with Crippen LogP contribution < -0.4 is 4.72 Å². The Morgan fingerprint density at radius 2 is 1.78 bits per heavy atom. The predicted octanol–water partition coefficient (Wildman–Crippen LogP) is 0.914. The molecule has 0 heterocycles. The minimum atomic E-state index is -0.852. The van der Waals surface area contributed by atoms with Crippen LogP contribution >= 0.6 is 0 Å². The van der Waals surface area contributed by atoms with E-state index in [0.29, 0.717) is 5.92 Å². The molecule has 9 heavy (non-hydrogen) atoms. The molecule has 2 atom stereocenters. The van der Waals surface area contributed by atoms with Gasteiger partial charge in [0.25, 0.3) is 0 Å². The monoisotopic (exact) mass is 149 g/mol. The molecule has 2 unspecified atom stereocenters.